The Morgan fingerprint density at radius 2 is 1.25 bits per heavy atom. The molecule has 4 heteroatoms. The molecule has 1 N–H and O–H groups in total. The summed E-state index contributed by atoms with van der Waals surface area (Å²) in [6.45, 7) is 0. The van der Waals surface area contributed by atoms with Gasteiger partial charge in [-0.05, 0) is 0 Å². The molecule has 0 amide bonds. The van der Waals surface area contributed by atoms with Gasteiger partial charge in [-0.3, -0.25) is 4.66 Å². The average Bonchev–Trinajstić information content (AvgIpc) is 1.00. The van der Waals surface area contributed by atoms with Crippen molar-refractivity contribution in [2.45, 2.75) is 0 Å². The fourth-order valence-corrected chi connectivity index (χ4v) is 0. The molecule has 0 unspecified atom stereocenters. The minimum absolute atomic E-state index is 0. The van der Waals surface area contributed by atoms with Crippen LogP contribution in [0.2, 0.25) is 0 Å². The van der Waals surface area contributed by atoms with Crippen molar-refractivity contribution in [3.05, 3.63) is 0 Å². The zero-order valence-electron chi connectivity index (χ0n) is 2.11. The van der Waals surface area contributed by atoms with Crippen LogP contribution in [0.4, 0.5) is 0 Å². The maximum atomic E-state index is 6.47. The van der Waals surface area contributed by atoms with Gasteiger partial charge in [0.15, 0.2) is 0 Å². The van der Waals surface area contributed by atoms with Gasteiger partial charge in [-0.15, -0.1) is 0 Å². The standard InChI is InChI=1S/Al.ClHO.Mg/c;1-2;/h;2H;/q+3;;+2. The molecular formula is HAlClMgO+5. The molecule has 0 saturated heterocycles. The first kappa shape index (κ1) is 17.7. The van der Waals surface area contributed by atoms with E-state index in [1.54, 1.807) is 0 Å². The van der Waals surface area contributed by atoms with Gasteiger partial charge in [0.2, 0.25) is 0 Å². The summed E-state index contributed by atoms with van der Waals surface area (Å²) in [6.07, 6.45) is 0. The summed E-state index contributed by atoms with van der Waals surface area (Å²) in [5.41, 5.74) is 0. The van der Waals surface area contributed by atoms with Gasteiger partial charge in [-0.2, -0.15) is 0 Å². The first-order valence-corrected chi connectivity index (χ1v) is 0.507. The predicted molar refractivity (Wildman–Crippen MR) is 19.6 cm³/mol. The normalized spacial score (nSPS) is 1.50. The first-order valence-electron chi connectivity index (χ1n) is 0.169. The van der Waals surface area contributed by atoms with Crippen LogP contribution in [0.25, 0.3) is 0 Å². The Balaban J connectivity index is -0.00000000500. The molecule has 0 saturated carbocycles. The Bertz CT molecular complexity index is 8.00. The molecule has 0 aliphatic carbocycles. The third-order valence-corrected chi connectivity index (χ3v) is 0. The SMILES string of the molecule is OCl.[Al+3].[Mg+2]. The van der Waals surface area contributed by atoms with E-state index in [2.05, 4.69) is 11.9 Å². The molecule has 0 bridgehead atoms. The van der Waals surface area contributed by atoms with E-state index in [9.17, 15) is 0 Å². The van der Waals surface area contributed by atoms with E-state index in [1.165, 1.54) is 0 Å². The fraction of sp³-hybridized carbons (Fsp3) is 0. The van der Waals surface area contributed by atoms with E-state index < -0.39 is 0 Å². The summed E-state index contributed by atoms with van der Waals surface area (Å²) in [5.74, 6) is 0. The van der Waals surface area contributed by atoms with E-state index in [1.807, 2.05) is 0 Å². The summed E-state index contributed by atoms with van der Waals surface area (Å²) in [5, 5.41) is 0. The number of halogens is 1. The third-order valence-electron chi connectivity index (χ3n) is 0. The second-order valence-electron chi connectivity index (χ2n) is 0. The smallest absolute Gasteiger partial charge is 0.295 e. The molecule has 14 valence electrons. The quantitative estimate of drug-likeness (QED) is 0.405. The second-order valence-corrected chi connectivity index (χ2v) is 0. The van der Waals surface area contributed by atoms with E-state index >= 15 is 0 Å². The van der Waals surface area contributed by atoms with Crippen molar-refractivity contribution in [1.82, 2.24) is 0 Å². The molecular weight excluding hydrogens is 103 g/mol. The first-order chi connectivity index (χ1) is 1.00. The largest absolute Gasteiger partial charge is 3.00 e. The van der Waals surface area contributed by atoms with Crippen molar-refractivity contribution in [3.8, 4) is 0 Å². The van der Waals surface area contributed by atoms with E-state index in [4.69, 9.17) is 4.66 Å². The van der Waals surface area contributed by atoms with Crippen LogP contribution < -0.4 is 0 Å². The minimum atomic E-state index is 0. The Labute approximate surface area is 56.8 Å². The van der Waals surface area contributed by atoms with Crippen molar-refractivity contribution < 1.29 is 4.66 Å². The summed E-state index contributed by atoms with van der Waals surface area (Å²) >= 11 is 3.64. The number of hydrogen-bond donors (Lipinski definition) is 1. The molecule has 0 rings (SSSR count). The summed E-state index contributed by atoms with van der Waals surface area (Å²) in [6, 6.07) is 0. The van der Waals surface area contributed by atoms with Gasteiger partial charge < -0.3 is 0 Å². The van der Waals surface area contributed by atoms with Gasteiger partial charge in [0.05, 0.1) is 11.9 Å². The summed E-state index contributed by atoms with van der Waals surface area (Å²) in [7, 11) is 0. The molecule has 0 aromatic carbocycles. The second kappa shape index (κ2) is 23.9. The molecule has 0 aliphatic rings. The van der Waals surface area contributed by atoms with Crippen molar-refractivity contribution in [2.24, 2.45) is 0 Å². The zero-order chi connectivity index (χ0) is 2.00. The Morgan fingerprint density at radius 1 is 1.25 bits per heavy atom. The Morgan fingerprint density at radius 3 is 1.25 bits per heavy atom. The van der Waals surface area contributed by atoms with Crippen LogP contribution in [0.15, 0.2) is 0 Å². The molecule has 0 fully saturated rings. The van der Waals surface area contributed by atoms with Crippen molar-refractivity contribution in [2.75, 3.05) is 0 Å². The van der Waals surface area contributed by atoms with Gasteiger partial charge in [0.25, 0.3) is 0 Å². The zero-order valence-corrected chi connectivity index (χ0v) is 5.43. The van der Waals surface area contributed by atoms with Crippen molar-refractivity contribution in [3.63, 3.8) is 0 Å². The Kier molecular flexibility index (Phi) is 106. The fourth-order valence-electron chi connectivity index (χ4n) is 0. The van der Waals surface area contributed by atoms with Crippen LogP contribution >= 0.6 is 11.9 Å². The molecule has 0 radical (unpaired) electrons. The monoisotopic (exact) mass is 103 g/mol. The number of rotatable bonds is 0. The Hall–Kier alpha value is 1.55. The summed E-state index contributed by atoms with van der Waals surface area (Å²) in [4.78, 5) is 0. The number of hydrogen-bond acceptors (Lipinski definition) is 1. The van der Waals surface area contributed by atoms with Crippen LogP contribution in [-0.2, 0) is 0 Å². The van der Waals surface area contributed by atoms with Crippen LogP contribution in [0.5, 0.6) is 0 Å². The topological polar surface area (TPSA) is 20.2 Å². The molecule has 0 aromatic rings. The van der Waals surface area contributed by atoms with Gasteiger partial charge in [0.1, 0.15) is 0 Å². The van der Waals surface area contributed by atoms with Crippen LogP contribution in [-0.4, -0.2) is 45.1 Å². The van der Waals surface area contributed by atoms with E-state index in [0.717, 1.165) is 0 Å². The molecule has 0 atom stereocenters. The summed E-state index contributed by atoms with van der Waals surface area (Å²) < 4.78 is 6.47. The van der Waals surface area contributed by atoms with Gasteiger partial charge in [0, 0.05) is 0 Å². The average molecular weight is 104 g/mol. The van der Waals surface area contributed by atoms with E-state index in [-0.39, 0.29) is 40.4 Å². The molecule has 0 aromatic heterocycles. The molecule has 4 heavy (non-hydrogen) atoms. The van der Waals surface area contributed by atoms with Gasteiger partial charge in [-0.1, -0.05) is 0 Å². The minimum Gasteiger partial charge on any atom is -0.295 e. The maximum absolute atomic E-state index is 6.47. The van der Waals surface area contributed by atoms with Crippen molar-refractivity contribution in [1.29, 1.82) is 0 Å². The third kappa shape index (κ3) is 9.61. The molecule has 0 heterocycles. The molecule has 0 spiro atoms. The van der Waals surface area contributed by atoms with Crippen LogP contribution in [0, 0.1) is 0 Å². The maximum Gasteiger partial charge on any atom is 3.00 e. The molecule has 0 aliphatic heterocycles. The van der Waals surface area contributed by atoms with Gasteiger partial charge >= 0.3 is 40.4 Å². The predicted octanol–water partition coefficient (Wildman–Crippen LogP) is -0.629. The van der Waals surface area contributed by atoms with E-state index in [0.29, 0.717) is 0 Å². The van der Waals surface area contributed by atoms with Gasteiger partial charge in [-0.25, -0.2) is 0 Å². The van der Waals surface area contributed by atoms with Crippen LogP contribution in [0.3, 0.4) is 0 Å². The van der Waals surface area contributed by atoms with Crippen LogP contribution in [0.1, 0.15) is 0 Å². The molecule has 1 nitrogen and oxygen atoms in total. The van der Waals surface area contributed by atoms with Crippen molar-refractivity contribution >= 4 is 52.3 Å².